The third-order valence-corrected chi connectivity index (χ3v) is 5.19. The van der Waals surface area contributed by atoms with Crippen LogP contribution in [0.5, 0.6) is 0 Å². The molecule has 0 unspecified atom stereocenters. The van der Waals surface area contributed by atoms with Crippen LogP contribution in [0, 0.1) is 13.8 Å². The van der Waals surface area contributed by atoms with Crippen molar-refractivity contribution in [2.75, 3.05) is 20.1 Å². The lowest BCUT2D eigenvalue weighted by molar-refractivity contribution is 0.447. The number of sulfonamides is 1. The molecule has 0 aliphatic heterocycles. The van der Waals surface area contributed by atoms with Crippen molar-refractivity contribution in [1.82, 2.24) is 9.62 Å². The molecular formula is C14H24N2O3S. The van der Waals surface area contributed by atoms with Crippen molar-refractivity contribution < 1.29 is 12.8 Å². The van der Waals surface area contributed by atoms with Crippen LogP contribution < -0.4 is 5.32 Å². The van der Waals surface area contributed by atoms with Crippen LogP contribution in [0.2, 0.25) is 0 Å². The van der Waals surface area contributed by atoms with Gasteiger partial charge >= 0.3 is 0 Å². The van der Waals surface area contributed by atoms with E-state index < -0.39 is 10.0 Å². The molecule has 5 nitrogen and oxygen atoms in total. The van der Waals surface area contributed by atoms with Gasteiger partial charge in [0.1, 0.15) is 16.4 Å². The molecule has 1 aromatic heterocycles. The van der Waals surface area contributed by atoms with Crippen molar-refractivity contribution in [3.8, 4) is 0 Å². The van der Waals surface area contributed by atoms with Gasteiger partial charge in [-0.25, -0.2) is 8.42 Å². The molecule has 0 saturated heterocycles. The largest absolute Gasteiger partial charge is 0.465 e. The Labute approximate surface area is 121 Å². The summed E-state index contributed by atoms with van der Waals surface area (Å²) in [6.07, 6.45) is 0. The molecule has 0 saturated carbocycles. The first-order valence-electron chi connectivity index (χ1n) is 6.63. The lowest BCUT2D eigenvalue weighted by Gasteiger charge is -2.21. The number of likely N-dealkylation sites (N-methyl/N-ethyl adjacent to an activating group) is 1. The van der Waals surface area contributed by atoms with Crippen LogP contribution in [0.4, 0.5) is 0 Å². The van der Waals surface area contributed by atoms with E-state index in [9.17, 15) is 8.42 Å². The van der Waals surface area contributed by atoms with E-state index in [0.717, 1.165) is 5.57 Å². The lowest BCUT2D eigenvalue weighted by atomic mass is 10.2. The maximum Gasteiger partial charge on any atom is 0.247 e. The quantitative estimate of drug-likeness (QED) is 0.784. The SMILES string of the molecule is C=C(C)CN(CC)S(=O)(=O)c1c(C)oc(C)c1CNC. The monoisotopic (exact) mass is 300 g/mol. The number of nitrogens with zero attached hydrogens (tertiary/aromatic N) is 1. The summed E-state index contributed by atoms with van der Waals surface area (Å²) < 4.78 is 32.6. The van der Waals surface area contributed by atoms with E-state index in [-0.39, 0.29) is 4.90 Å². The zero-order valence-corrected chi connectivity index (χ0v) is 13.7. The summed E-state index contributed by atoms with van der Waals surface area (Å²) in [4.78, 5) is 0.285. The molecule has 0 spiro atoms. The summed E-state index contributed by atoms with van der Waals surface area (Å²) in [6, 6.07) is 0. The van der Waals surface area contributed by atoms with Crippen molar-refractivity contribution in [3.63, 3.8) is 0 Å². The molecule has 1 heterocycles. The molecule has 6 heteroatoms. The minimum absolute atomic E-state index is 0.285. The lowest BCUT2D eigenvalue weighted by Crippen LogP contribution is -2.33. The van der Waals surface area contributed by atoms with Crippen molar-refractivity contribution >= 4 is 10.0 Å². The highest BCUT2D eigenvalue weighted by atomic mass is 32.2. The second-order valence-electron chi connectivity index (χ2n) is 4.94. The van der Waals surface area contributed by atoms with Gasteiger partial charge in [-0.15, -0.1) is 0 Å². The Balaban J connectivity index is 3.37. The van der Waals surface area contributed by atoms with E-state index in [0.29, 0.717) is 36.7 Å². The van der Waals surface area contributed by atoms with Gasteiger partial charge in [-0.3, -0.25) is 0 Å². The van der Waals surface area contributed by atoms with Gasteiger partial charge in [0.25, 0.3) is 0 Å². The van der Waals surface area contributed by atoms with Crippen LogP contribution in [-0.2, 0) is 16.6 Å². The molecule has 0 bridgehead atoms. The Morgan fingerprint density at radius 3 is 2.40 bits per heavy atom. The smallest absolute Gasteiger partial charge is 0.247 e. The Hall–Kier alpha value is -1.11. The summed E-state index contributed by atoms with van der Waals surface area (Å²) in [7, 11) is -1.79. The van der Waals surface area contributed by atoms with Gasteiger partial charge in [0.05, 0.1) is 0 Å². The van der Waals surface area contributed by atoms with E-state index in [2.05, 4.69) is 11.9 Å². The molecule has 1 rings (SSSR count). The average Bonchev–Trinajstić information content (AvgIpc) is 2.61. The average molecular weight is 300 g/mol. The van der Waals surface area contributed by atoms with Crippen LogP contribution in [0.3, 0.4) is 0 Å². The third-order valence-electron chi connectivity index (χ3n) is 3.08. The van der Waals surface area contributed by atoms with Crippen LogP contribution in [0.25, 0.3) is 0 Å². The molecule has 114 valence electrons. The highest BCUT2D eigenvalue weighted by Crippen LogP contribution is 2.29. The Kier molecular flexibility index (Phi) is 5.56. The zero-order valence-electron chi connectivity index (χ0n) is 12.9. The van der Waals surface area contributed by atoms with Crippen LogP contribution in [0.1, 0.15) is 30.9 Å². The normalized spacial score (nSPS) is 12.1. The minimum Gasteiger partial charge on any atom is -0.465 e. The second-order valence-corrected chi connectivity index (χ2v) is 6.82. The molecule has 0 aromatic carbocycles. The van der Waals surface area contributed by atoms with Gasteiger partial charge in [-0.1, -0.05) is 19.1 Å². The Morgan fingerprint density at radius 2 is 1.95 bits per heavy atom. The van der Waals surface area contributed by atoms with Crippen molar-refractivity contribution in [2.24, 2.45) is 0 Å². The zero-order chi connectivity index (χ0) is 15.5. The fourth-order valence-electron chi connectivity index (χ4n) is 2.23. The summed E-state index contributed by atoms with van der Waals surface area (Å²) >= 11 is 0. The molecule has 0 aliphatic carbocycles. The van der Waals surface area contributed by atoms with Crippen LogP contribution in [0.15, 0.2) is 21.5 Å². The van der Waals surface area contributed by atoms with Crippen molar-refractivity contribution in [1.29, 1.82) is 0 Å². The molecule has 0 radical (unpaired) electrons. The maximum absolute atomic E-state index is 12.8. The maximum atomic E-state index is 12.8. The minimum atomic E-state index is -3.57. The van der Waals surface area contributed by atoms with Gasteiger partial charge in [0.15, 0.2) is 0 Å². The first kappa shape index (κ1) is 16.9. The number of furan rings is 1. The molecule has 0 atom stereocenters. The molecule has 20 heavy (non-hydrogen) atoms. The fourth-order valence-corrected chi connectivity index (χ4v) is 4.15. The second kappa shape index (κ2) is 6.56. The van der Waals surface area contributed by atoms with Gasteiger partial charge in [-0.05, 0) is 27.8 Å². The molecule has 0 amide bonds. The topological polar surface area (TPSA) is 62.6 Å². The van der Waals surface area contributed by atoms with Gasteiger partial charge in [-0.2, -0.15) is 4.31 Å². The Morgan fingerprint density at radius 1 is 1.35 bits per heavy atom. The van der Waals surface area contributed by atoms with Crippen LogP contribution in [-0.4, -0.2) is 32.9 Å². The molecular weight excluding hydrogens is 276 g/mol. The Bertz CT molecular complexity index is 588. The fraction of sp³-hybridized carbons (Fsp3) is 0.571. The van der Waals surface area contributed by atoms with E-state index in [1.165, 1.54) is 4.31 Å². The number of hydrogen-bond donors (Lipinski definition) is 1. The highest BCUT2D eigenvalue weighted by molar-refractivity contribution is 7.89. The summed E-state index contributed by atoms with van der Waals surface area (Å²) in [6.45, 7) is 12.1. The van der Waals surface area contributed by atoms with Crippen molar-refractivity contribution in [3.05, 3.63) is 29.2 Å². The molecule has 1 aromatic rings. The predicted molar refractivity (Wildman–Crippen MR) is 80.2 cm³/mol. The van der Waals surface area contributed by atoms with E-state index >= 15 is 0 Å². The molecule has 0 aliphatic rings. The summed E-state index contributed by atoms with van der Waals surface area (Å²) in [5.41, 5.74) is 1.51. The van der Waals surface area contributed by atoms with Crippen molar-refractivity contribution in [2.45, 2.75) is 39.1 Å². The van der Waals surface area contributed by atoms with Gasteiger partial charge < -0.3 is 9.73 Å². The van der Waals surface area contributed by atoms with E-state index in [4.69, 9.17) is 4.42 Å². The number of aryl methyl sites for hydroxylation is 2. The predicted octanol–water partition coefficient (Wildman–Crippen LogP) is 2.20. The molecule has 1 N–H and O–H groups in total. The summed E-state index contributed by atoms with van der Waals surface area (Å²) in [5, 5.41) is 2.99. The number of nitrogens with one attached hydrogen (secondary N) is 1. The first-order valence-corrected chi connectivity index (χ1v) is 8.07. The van der Waals surface area contributed by atoms with E-state index in [1.807, 2.05) is 13.8 Å². The van der Waals surface area contributed by atoms with Gasteiger partial charge in [0.2, 0.25) is 10.0 Å². The standard InChI is InChI=1S/C14H24N2O3S/c1-7-16(9-10(2)3)20(17,18)14-12(5)19-11(4)13(14)8-15-6/h15H,2,7-9H2,1,3-6H3. The van der Waals surface area contributed by atoms with E-state index in [1.54, 1.807) is 20.9 Å². The molecule has 0 fully saturated rings. The summed E-state index contributed by atoms with van der Waals surface area (Å²) in [5.74, 6) is 1.08. The first-order chi connectivity index (χ1) is 9.25. The third kappa shape index (κ3) is 3.31. The number of hydrogen-bond acceptors (Lipinski definition) is 4. The van der Waals surface area contributed by atoms with Gasteiger partial charge in [0, 0.05) is 25.2 Å². The highest BCUT2D eigenvalue weighted by Gasteiger charge is 2.31. The number of rotatable bonds is 7. The van der Waals surface area contributed by atoms with Crippen LogP contribution >= 0.6 is 0 Å².